The molecule has 0 saturated carbocycles. The van der Waals surface area contributed by atoms with Gasteiger partial charge in [0.25, 0.3) is 0 Å². The van der Waals surface area contributed by atoms with Crippen molar-refractivity contribution < 1.29 is 9.53 Å². The summed E-state index contributed by atoms with van der Waals surface area (Å²) >= 11 is 5.69. The highest BCUT2D eigenvalue weighted by molar-refractivity contribution is 6.29. The molecule has 5 heteroatoms. The predicted octanol–water partition coefficient (Wildman–Crippen LogP) is 2.39. The lowest BCUT2D eigenvalue weighted by atomic mass is 10.2. The first-order valence-corrected chi connectivity index (χ1v) is 4.91. The largest absolute Gasteiger partial charge is 0.462 e. The lowest BCUT2D eigenvalue weighted by Crippen LogP contribution is -2.04. The Kier molecular flexibility index (Phi) is 2.60. The smallest absolute Gasteiger partial charge is 0.338 e. The molecule has 0 atom stereocenters. The van der Waals surface area contributed by atoms with Gasteiger partial charge >= 0.3 is 5.97 Å². The first-order valence-electron chi connectivity index (χ1n) is 4.53. The topological polar surface area (TPSA) is 55.0 Å². The highest BCUT2D eigenvalue weighted by atomic mass is 35.5. The molecule has 0 bridgehead atoms. The molecule has 0 aliphatic rings. The van der Waals surface area contributed by atoms with Crippen LogP contribution in [0, 0.1) is 0 Å². The van der Waals surface area contributed by atoms with Gasteiger partial charge in [-0.2, -0.15) is 0 Å². The van der Waals surface area contributed by atoms with E-state index in [0.29, 0.717) is 17.5 Å². The molecule has 1 aromatic heterocycles. The first kappa shape index (κ1) is 9.98. The zero-order valence-electron chi connectivity index (χ0n) is 8.08. The van der Waals surface area contributed by atoms with Crippen molar-refractivity contribution >= 4 is 28.6 Å². The monoisotopic (exact) mass is 224 g/mol. The quantitative estimate of drug-likeness (QED) is 0.797. The summed E-state index contributed by atoms with van der Waals surface area (Å²) in [5.41, 5.74) is 1.95. The highest BCUT2D eigenvalue weighted by Gasteiger charge is 2.08. The highest BCUT2D eigenvalue weighted by Crippen LogP contribution is 2.16. The zero-order chi connectivity index (χ0) is 10.8. The summed E-state index contributed by atoms with van der Waals surface area (Å²) in [6.07, 6.45) is 0. The van der Waals surface area contributed by atoms with Gasteiger partial charge in [0.05, 0.1) is 23.2 Å². The molecule has 0 radical (unpaired) electrons. The number of halogens is 1. The number of aromatic nitrogens is 2. The summed E-state index contributed by atoms with van der Waals surface area (Å²) in [6, 6.07) is 5.06. The maximum Gasteiger partial charge on any atom is 0.338 e. The normalized spacial score (nSPS) is 10.5. The van der Waals surface area contributed by atoms with E-state index in [1.807, 2.05) is 0 Å². The second kappa shape index (κ2) is 3.90. The van der Waals surface area contributed by atoms with Gasteiger partial charge in [0.2, 0.25) is 5.28 Å². The van der Waals surface area contributed by atoms with Crippen LogP contribution in [-0.2, 0) is 4.74 Å². The number of hydrogen-bond donors (Lipinski definition) is 1. The molecule has 1 aromatic carbocycles. The first-order chi connectivity index (χ1) is 7.20. The van der Waals surface area contributed by atoms with E-state index in [2.05, 4.69) is 9.97 Å². The molecular weight excluding hydrogens is 216 g/mol. The summed E-state index contributed by atoms with van der Waals surface area (Å²) in [6.45, 7) is 2.13. The minimum absolute atomic E-state index is 0.311. The number of benzene rings is 1. The van der Waals surface area contributed by atoms with Crippen molar-refractivity contribution in [1.29, 1.82) is 0 Å². The third-order valence-corrected chi connectivity index (χ3v) is 2.14. The molecule has 0 spiro atoms. The number of H-pyrrole nitrogens is 1. The number of nitrogens with zero attached hydrogens (tertiary/aromatic N) is 1. The zero-order valence-corrected chi connectivity index (χ0v) is 8.84. The Balaban J connectivity index is 2.41. The molecule has 15 heavy (non-hydrogen) atoms. The number of rotatable bonds is 2. The molecule has 0 amide bonds. The van der Waals surface area contributed by atoms with Crippen molar-refractivity contribution in [2.75, 3.05) is 6.61 Å². The maximum atomic E-state index is 11.4. The number of fused-ring (bicyclic) bond motifs is 1. The van der Waals surface area contributed by atoms with E-state index in [-0.39, 0.29) is 5.97 Å². The van der Waals surface area contributed by atoms with Gasteiger partial charge < -0.3 is 9.72 Å². The lowest BCUT2D eigenvalue weighted by Gasteiger charge is -2.00. The van der Waals surface area contributed by atoms with Crippen LogP contribution in [0.1, 0.15) is 17.3 Å². The van der Waals surface area contributed by atoms with Crippen LogP contribution in [0.15, 0.2) is 18.2 Å². The van der Waals surface area contributed by atoms with Crippen molar-refractivity contribution in [3.63, 3.8) is 0 Å². The summed E-state index contributed by atoms with van der Waals surface area (Å²) < 4.78 is 4.88. The molecule has 0 fully saturated rings. The number of carbonyl (C=O) groups is 1. The van der Waals surface area contributed by atoms with Crippen LogP contribution < -0.4 is 0 Å². The van der Waals surface area contributed by atoms with Gasteiger partial charge in [-0.3, -0.25) is 0 Å². The van der Waals surface area contributed by atoms with Gasteiger partial charge in [-0.15, -0.1) is 0 Å². The Morgan fingerprint density at radius 3 is 3.13 bits per heavy atom. The summed E-state index contributed by atoms with van der Waals surface area (Å²) in [4.78, 5) is 18.3. The van der Waals surface area contributed by atoms with E-state index in [0.717, 1.165) is 11.0 Å². The van der Waals surface area contributed by atoms with Gasteiger partial charge in [-0.05, 0) is 36.7 Å². The molecule has 1 N–H and O–H groups in total. The summed E-state index contributed by atoms with van der Waals surface area (Å²) in [7, 11) is 0. The number of hydrogen-bond acceptors (Lipinski definition) is 3. The Morgan fingerprint density at radius 2 is 2.40 bits per heavy atom. The fraction of sp³-hybridized carbons (Fsp3) is 0.200. The standard InChI is InChI=1S/C10H9ClN2O2/c1-2-15-9(14)6-3-4-7-8(5-6)13-10(11)12-7/h3-5H,2H2,1H3,(H,12,13). The molecule has 2 rings (SSSR count). The fourth-order valence-electron chi connectivity index (χ4n) is 1.32. The van der Waals surface area contributed by atoms with Crippen LogP contribution in [0.25, 0.3) is 11.0 Å². The van der Waals surface area contributed by atoms with Gasteiger partial charge in [-0.1, -0.05) is 0 Å². The van der Waals surface area contributed by atoms with Crippen LogP contribution in [0.2, 0.25) is 5.28 Å². The van der Waals surface area contributed by atoms with E-state index >= 15 is 0 Å². The van der Waals surface area contributed by atoms with Gasteiger partial charge in [-0.25, -0.2) is 9.78 Å². The molecule has 0 saturated heterocycles. The van der Waals surface area contributed by atoms with E-state index in [4.69, 9.17) is 16.3 Å². The van der Waals surface area contributed by atoms with Crippen molar-refractivity contribution in [1.82, 2.24) is 9.97 Å². The SMILES string of the molecule is CCOC(=O)c1ccc2nc(Cl)[nH]c2c1. The number of ether oxygens (including phenoxy) is 1. The van der Waals surface area contributed by atoms with Crippen LogP contribution >= 0.6 is 11.6 Å². The second-order valence-electron chi connectivity index (χ2n) is 2.98. The maximum absolute atomic E-state index is 11.4. The summed E-state index contributed by atoms with van der Waals surface area (Å²) in [5.74, 6) is -0.342. The Bertz CT molecular complexity index is 507. The van der Waals surface area contributed by atoms with E-state index < -0.39 is 0 Å². The molecule has 0 aliphatic heterocycles. The van der Waals surface area contributed by atoms with Crippen molar-refractivity contribution in [2.45, 2.75) is 6.92 Å². The molecule has 1 heterocycles. The Labute approximate surface area is 91.2 Å². The average Bonchev–Trinajstić information content (AvgIpc) is 2.57. The van der Waals surface area contributed by atoms with Crippen molar-refractivity contribution in [3.8, 4) is 0 Å². The molecule has 2 aromatic rings. The molecule has 0 aliphatic carbocycles. The number of aromatic amines is 1. The van der Waals surface area contributed by atoms with Crippen LogP contribution in [-0.4, -0.2) is 22.5 Å². The third-order valence-electron chi connectivity index (χ3n) is 1.96. The predicted molar refractivity (Wildman–Crippen MR) is 57.1 cm³/mol. The van der Waals surface area contributed by atoms with Crippen LogP contribution in [0.4, 0.5) is 0 Å². The molecule has 0 unspecified atom stereocenters. The van der Waals surface area contributed by atoms with Gasteiger partial charge in [0, 0.05) is 0 Å². The van der Waals surface area contributed by atoms with Gasteiger partial charge in [0.15, 0.2) is 0 Å². The molecule has 78 valence electrons. The van der Waals surface area contributed by atoms with Gasteiger partial charge in [0.1, 0.15) is 0 Å². The number of imidazole rings is 1. The van der Waals surface area contributed by atoms with Crippen molar-refractivity contribution in [3.05, 3.63) is 29.0 Å². The van der Waals surface area contributed by atoms with E-state index in [9.17, 15) is 4.79 Å². The minimum atomic E-state index is -0.342. The number of nitrogens with one attached hydrogen (secondary N) is 1. The number of carbonyl (C=O) groups excluding carboxylic acids is 1. The Hall–Kier alpha value is -1.55. The number of esters is 1. The van der Waals surface area contributed by atoms with Crippen LogP contribution in [0.5, 0.6) is 0 Å². The lowest BCUT2D eigenvalue weighted by molar-refractivity contribution is 0.0526. The van der Waals surface area contributed by atoms with Crippen molar-refractivity contribution in [2.24, 2.45) is 0 Å². The average molecular weight is 225 g/mol. The third kappa shape index (κ3) is 1.94. The molecule has 4 nitrogen and oxygen atoms in total. The second-order valence-corrected chi connectivity index (χ2v) is 3.34. The van der Waals surface area contributed by atoms with Crippen LogP contribution in [0.3, 0.4) is 0 Å². The minimum Gasteiger partial charge on any atom is -0.462 e. The Morgan fingerprint density at radius 1 is 1.60 bits per heavy atom. The summed E-state index contributed by atoms with van der Waals surface area (Å²) in [5, 5.41) is 0.311. The molecular formula is C10H9ClN2O2. The van der Waals surface area contributed by atoms with E-state index in [1.165, 1.54) is 0 Å². The fourth-order valence-corrected chi connectivity index (χ4v) is 1.51. The van der Waals surface area contributed by atoms with E-state index in [1.54, 1.807) is 25.1 Å².